The molecule has 0 aromatic heterocycles. The minimum atomic E-state index is -4.38. The second kappa shape index (κ2) is 4.10. The zero-order valence-electron chi connectivity index (χ0n) is 7.44. The summed E-state index contributed by atoms with van der Waals surface area (Å²) in [6, 6.07) is 3.57. The fourth-order valence-corrected chi connectivity index (χ4v) is 1.32. The molecule has 1 amide bonds. The van der Waals surface area contributed by atoms with Crippen molar-refractivity contribution < 1.29 is 18.0 Å². The average Bonchev–Trinajstić information content (AvgIpc) is 2.05. The maximum Gasteiger partial charge on any atom is 0.393 e. The van der Waals surface area contributed by atoms with Crippen molar-refractivity contribution in [3.63, 3.8) is 0 Å². The van der Waals surface area contributed by atoms with Gasteiger partial charge < -0.3 is 5.73 Å². The summed E-state index contributed by atoms with van der Waals surface area (Å²) in [6.45, 7) is 0. The van der Waals surface area contributed by atoms with Crippen LogP contribution in [0.2, 0.25) is 5.02 Å². The van der Waals surface area contributed by atoms with Gasteiger partial charge in [0.15, 0.2) is 0 Å². The molecule has 0 saturated carbocycles. The SMILES string of the molecule is NC(=O)c1cc(Cl)ccc1CC(F)(F)F. The number of carbonyl (C=O) groups is 1. The number of nitrogens with two attached hydrogens (primary N) is 1. The molecular formula is C9H7ClF3NO. The van der Waals surface area contributed by atoms with Crippen LogP contribution in [0.3, 0.4) is 0 Å². The topological polar surface area (TPSA) is 43.1 Å². The van der Waals surface area contributed by atoms with Crippen LogP contribution < -0.4 is 5.73 Å². The normalized spacial score (nSPS) is 11.5. The number of hydrogen-bond acceptors (Lipinski definition) is 1. The van der Waals surface area contributed by atoms with Crippen LogP contribution in [0, 0.1) is 0 Å². The zero-order valence-corrected chi connectivity index (χ0v) is 8.19. The van der Waals surface area contributed by atoms with Crippen LogP contribution in [0.4, 0.5) is 13.2 Å². The predicted octanol–water partition coefficient (Wildman–Crippen LogP) is 2.54. The van der Waals surface area contributed by atoms with Crippen LogP contribution in [0.25, 0.3) is 0 Å². The van der Waals surface area contributed by atoms with E-state index in [4.69, 9.17) is 17.3 Å². The number of halogens is 4. The van der Waals surface area contributed by atoms with Crippen molar-refractivity contribution >= 4 is 17.5 Å². The van der Waals surface area contributed by atoms with Gasteiger partial charge in [0.2, 0.25) is 5.91 Å². The fraction of sp³-hybridized carbons (Fsp3) is 0.222. The van der Waals surface area contributed by atoms with Gasteiger partial charge in [-0.3, -0.25) is 4.79 Å². The first-order chi connectivity index (χ1) is 6.79. The van der Waals surface area contributed by atoms with E-state index in [-0.39, 0.29) is 16.1 Å². The number of alkyl halides is 3. The third-order valence-electron chi connectivity index (χ3n) is 1.73. The molecule has 1 rings (SSSR count). The maximum absolute atomic E-state index is 12.1. The van der Waals surface area contributed by atoms with E-state index >= 15 is 0 Å². The van der Waals surface area contributed by atoms with Gasteiger partial charge in [-0.15, -0.1) is 0 Å². The third kappa shape index (κ3) is 3.43. The van der Waals surface area contributed by atoms with Crippen molar-refractivity contribution in [1.82, 2.24) is 0 Å². The van der Waals surface area contributed by atoms with Gasteiger partial charge in [0.1, 0.15) is 0 Å². The Morgan fingerprint density at radius 3 is 2.47 bits per heavy atom. The van der Waals surface area contributed by atoms with Crippen LogP contribution in [-0.2, 0) is 6.42 Å². The molecule has 15 heavy (non-hydrogen) atoms. The molecule has 0 radical (unpaired) electrons. The van der Waals surface area contributed by atoms with Crippen LogP contribution >= 0.6 is 11.6 Å². The lowest BCUT2D eigenvalue weighted by Crippen LogP contribution is -2.18. The van der Waals surface area contributed by atoms with Crippen molar-refractivity contribution in [2.75, 3.05) is 0 Å². The van der Waals surface area contributed by atoms with Gasteiger partial charge in [-0.05, 0) is 17.7 Å². The largest absolute Gasteiger partial charge is 0.393 e. The molecule has 6 heteroatoms. The summed E-state index contributed by atoms with van der Waals surface area (Å²) in [5.41, 5.74) is 4.58. The molecule has 0 atom stereocenters. The minimum absolute atomic E-state index is 0.167. The Bertz CT molecular complexity index is 389. The molecule has 0 aliphatic carbocycles. The molecule has 0 aliphatic rings. The average molecular weight is 238 g/mol. The summed E-state index contributed by atoms with van der Waals surface area (Å²) >= 11 is 5.54. The molecule has 1 aromatic carbocycles. The Labute approximate surface area is 88.8 Å². The molecule has 2 N–H and O–H groups in total. The summed E-state index contributed by atoms with van der Waals surface area (Å²) in [4.78, 5) is 10.9. The van der Waals surface area contributed by atoms with Crippen molar-refractivity contribution in [2.45, 2.75) is 12.6 Å². The standard InChI is InChI=1S/C9H7ClF3NO/c10-6-2-1-5(4-9(11,12)13)7(3-6)8(14)15/h1-3H,4H2,(H2,14,15). The molecule has 0 fully saturated rings. The lowest BCUT2D eigenvalue weighted by atomic mass is 10.0. The first-order valence-corrected chi connectivity index (χ1v) is 4.32. The first kappa shape index (κ1) is 11.8. The Hall–Kier alpha value is -1.23. The Morgan fingerprint density at radius 2 is 2.00 bits per heavy atom. The summed E-state index contributed by atoms with van der Waals surface area (Å²) in [5, 5.41) is 0.176. The highest BCUT2D eigenvalue weighted by atomic mass is 35.5. The molecule has 0 unspecified atom stereocenters. The summed E-state index contributed by atoms with van der Waals surface area (Å²) in [5.74, 6) is -0.920. The van der Waals surface area contributed by atoms with Crippen molar-refractivity contribution in [2.24, 2.45) is 5.73 Å². The summed E-state index contributed by atoms with van der Waals surface area (Å²) < 4.78 is 36.3. The van der Waals surface area contributed by atoms with Gasteiger partial charge in [0, 0.05) is 10.6 Å². The van der Waals surface area contributed by atoms with E-state index in [1.807, 2.05) is 0 Å². The molecule has 0 bridgehead atoms. The molecule has 0 spiro atoms. The highest BCUT2D eigenvalue weighted by Crippen LogP contribution is 2.25. The molecule has 0 heterocycles. The molecule has 1 aromatic rings. The number of rotatable bonds is 2. The van der Waals surface area contributed by atoms with Crippen molar-refractivity contribution in [3.8, 4) is 0 Å². The molecule has 82 valence electrons. The molecule has 0 saturated heterocycles. The number of benzene rings is 1. The zero-order chi connectivity index (χ0) is 11.6. The summed E-state index contributed by atoms with van der Waals surface area (Å²) in [6.07, 6.45) is -5.57. The number of amides is 1. The second-order valence-electron chi connectivity index (χ2n) is 2.96. The van der Waals surface area contributed by atoms with Crippen molar-refractivity contribution in [3.05, 3.63) is 34.3 Å². The molecular weight excluding hydrogens is 231 g/mol. The second-order valence-corrected chi connectivity index (χ2v) is 3.39. The van der Waals surface area contributed by atoms with Crippen LogP contribution in [0.5, 0.6) is 0 Å². The number of primary amides is 1. The van der Waals surface area contributed by atoms with Crippen molar-refractivity contribution in [1.29, 1.82) is 0 Å². The van der Waals surface area contributed by atoms with E-state index in [9.17, 15) is 18.0 Å². The smallest absolute Gasteiger partial charge is 0.366 e. The van der Waals surface area contributed by atoms with E-state index < -0.39 is 18.5 Å². The first-order valence-electron chi connectivity index (χ1n) is 3.94. The lowest BCUT2D eigenvalue weighted by Gasteiger charge is -2.09. The Balaban J connectivity index is 3.12. The van der Waals surface area contributed by atoms with Gasteiger partial charge in [0.05, 0.1) is 6.42 Å². The molecule has 0 aliphatic heterocycles. The van der Waals surface area contributed by atoms with Gasteiger partial charge in [-0.2, -0.15) is 13.2 Å². The van der Waals surface area contributed by atoms with Gasteiger partial charge in [-0.25, -0.2) is 0 Å². The van der Waals surface area contributed by atoms with Crippen LogP contribution in [0.1, 0.15) is 15.9 Å². The van der Waals surface area contributed by atoms with Gasteiger partial charge >= 0.3 is 6.18 Å². The summed E-state index contributed by atoms with van der Waals surface area (Å²) in [7, 11) is 0. The minimum Gasteiger partial charge on any atom is -0.366 e. The van der Waals surface area contributed by atoms with Crippen LogP contribution in [-0.4, -0.2) is 12.1 Å². The fourth-order valence-electron chi connectivity index (χ4n) is 1.15. The van der Waals surface area contributed by atoms with E-state index in [1.54, 1.807) is 0 Å². The van der Waals surface area contributed by atoms with E-state index in [1.165, 1.54) is 6.07 Å². The van der Waals surface area contributed by atoms with Gasteiger partial charge in [0.25, 0.3) is 0 Å². The monoisotopic (exact) mass is 237 g/mol. The van der Waals surface area contributed by atoms with Gasteiger partial charge in [-0.1, -0.05) is 17.7 Å². The third-order valence-corrected chi connectivity index (χ3v) is 1.96. The van der Waals surface area contributed by atoms with Crippen LogP contribution in [0.15, 0.2) is 18.2 Å². The number of hydrogen-bond donors (Lipinski definition) is 1. The predicted molar refractivity (Wildman–Crippen MR) is 49.7 cm³/mol. The highest BCUT2D eigenvalue weighted by molar-refractivity contribution is 6.31. The van der Waals surface area contributed by atoms with E-state index in [0.29, 0.717) is 0 Å². The lowest BCUT2D eigenvalue weighted by molar-refractivity contribution is -0.127. The Morgan fingerprint density at radius 1 is 1.40 bits per heavy atom. The Kier molecular flexibility index (Phi) is 3.24. The quantitative estimate of drug-likeness (QED) is 0.844. The highest BCUT2D eigenvalue weighted by Gasteiger charge is 2.29. The maximum atomic E-state index is 12.1. The van der Waals surface area contributed by atoms with E-state index in [2.05, 4.69) is 0 Å². The number of carbonyl (C=O) groups excluding carboxylic acids is 1. The molecule has 2 nitrogen and oxygen atoms in total. The van der Waals surface area contributed by atoms with E-state index in [0.717, 1.165) is 12.1 Å².